The molecule has 0 aromatic heterocycles. The third kappa shape index (κ3) is 4.70. The summed E-state index contributed by atoms with van der Waals surface area (Å²) in [5.74, 6) is -0.234. The molecule has 0 atom stereocenters. The van der Waals surface area contributed by atoms with Gasteiger partial charge in [-0.25, -0.2) is 4.39 Å². The van der Waals surface area contributed by atoms with Gasteiger partial charge in [-0.1, -0.05) is 36.4 Å². The number of aryl methyl sites for hydroxylation is 1. The number of phenols is 1. The second-order valence-corrected chi connectivity index (χ2v) is 6.11. The summed E-state index contributed by atoms with van der Waals surface area (Å²) in [7, 11) is 0. The molecule has 4 heteroatoms. The molecule has 3 nitrogen and oxygen atoms in total. The van der Waals surface area contributed by atoms with Crippen molar-refractivity contribution in [3.63, 3.8) is 0 Å². The van der Waals surface area contributed by atoms with Gasteiger partial charge in [-0.05, 0) is 65.9 Å². The molecule has 3 aromatic rings. The van der Waals surface area contributed by atoms with Crippen molar-refractivity contribution in [3.05, 3.63) is 89.7 Å². The van der Waals surface area contributed by atoms with Crippen LogP contribution in [0.3, 0.4) is 0 Å². The Morgan fingerprint density at radius 1 is 0.846 bits per heavy atom. The molecule has 0 radical (unpaired) electrons. The molecule has 0 spiro atoms. The van der Waals surface area contributed by atoms with E-state index in [-0.39, 0.29) is 17.5 Å². The van der Waals surface area contributed by atoms with E-state index < -0.39 is 0 Å². The number of amides is 1. The van der Waals surface area contributed by atoms with Crippen LogP contribution in [-0.2, 0) is 6.42 Å². The van der Waals surface area contributed by atoms with Crippen LogP contribution in [0.5, 0.6) is 5.75 Å². The summed E-state index contributed by atoms with van der Waals surface area (Å²) < 4.78 is 13.0. The van der Waals surface area contributed by atoms with Crippen LogP contribution in [0.4, 0.5) is 4.39 Å². The Kier molecular flexibility index (Phi) is 5.64. The van der Waals surface area contributed by atoms with Crippen LogP contribution < -0.4 is 5.32 Å². The monoisotopic (exact) mass is 349 g/mol. The SMILES string of the molecule is O=C(NCCCc1ccc(-c2ccc(F)cc2)cc1)c1ccc(O)cc1. The highest BCUT2D eigenvalue weighted by Gasteiger charge is 2.04. The molecule has 3 aromatic carbocycles. The lowest BCUT2D eigenvalue weighted by atomic mass is 10.0. The Labute approximate surface area is 152 Å². The Morgan fingerprint density at radius 3 is 2.04 bits per heavy atom. The lowest BCUT2D eigenvalue weighted by Gasteiger charge is -2.07. The number of halogens is 1. The second-order valence-electron chi connectivity index (χ2n) is 6.11. The van der Waals surface area contributed by atoms with E-state index in [2.05, 4.69) is 17.4 Å². The summed E-state index contributed by atoms with van der Waals surface area (Å²) in [6.07, 6.45) is 1.69. The van der Waals surface area contributed by atoms with E-state index in [1.54, 1.807) is 24.3 Å². The second kappa shape index (κ2) is 8.30. The standard InChI is InChI=1S/C22H20FNO2/c23-20-11-7-18(8-12-20)17-5-3-16(4-6-17)2-1-15-24-22(26)19-9-13-21(25)14-10-19/h3-14,25H,1-2,15H2,(H,24,26). The van der Waals surface area contributed by atoms with Gasteiger partial charge in [-0.3, -0.25) is 4.79 Å². The number of rotatable bonds is 6. The van der Waals surface area contributed by atoms with Gasteiger partial charge in [0.1, 0.15) is 11.6 Å². The molecule has 0 saturated carbocycles. The Hall–Kier alpha value is -3.14. The van der Waals surface area contributed by atoms with E-state index in [9.17, 15) is 14.3 Å². The van der Waals surface area contributed by atoms with E-state index in [0.29, 0.717) is 12.1 Å². The zero-order valence-electron chi connectivity index (χ0n) is 14.3. The first-order valence-electron chi connectivity index (χ1n) is 8.54. The third-order valence-electron chi connectivity index (χ3n) is 4.19. The van der Waals surface area contributed by atoms with E-state index in [1.807, 2.05) is 12.1 Å². The van der Waals surface area contributed by atoms with Crippen molar-refractivity contribution in [2.24, 2.45) is 0 Å². The van der Waals surface area contributed by atoms with Crippen LogP contribution in [0.2, 0.25) is 0 Å². The normalized spacial score (nSPS) is 10.5. The predicted octanol–water partition coefficient (Wildman–Crippen LogP) is 4.56. The highest BCUT2D eigenvalue weighted by Crippen LogP contribution is 2.20. The molecule has 0 aliphatic heterocycles. The van der Waals surface area contributed by atoms with Gasteiger partial charge in [-0.15, -0.1) is 0 Å². The van der Waals surface area contributed by atoms with E-state index in [4.69, 9.17) is 0 Å². The van der Waals surface area contributed by atoms with Crippen molar-refractivity contribution >= 4 is 5.91 Å². The highest BCUT2D eigenvalue weighted by atomic mass is 19.1. The fourth-order valence-corrected chi connectivity index (χ4v) is 2.72. The first-order chi connectivity index (χ1) is 12.6. The predicted molar refractivity (Wildman–Crippen MR) is 101 cm³/mol. The number of aromatic hydroxyl groups is 1. The van der Waals surface area contributed by atoms with E-state index in [0.717, 1.165) is 24.0 Å². The van der Waals surface area contributed by atoms with Crippen molar-refractivity contribution in [1.82, 2.24) is 5.32 Å². The number of phenolic OH excluding ortho intramolecular Hbond substituents is 1. The Balaban J connectivity index is 1.47. The molecular weight excluding hydrogens is 329 g/mol. The van der Waals surface area contributed by atoms with Crippen LogP contribution >= 0.6 is 0 Å². The molecule has 3 rings (SSSR count). The molecule has 0 heterocycles. The number of benzene rings is 3. The smallest absolute Gasteiger partial charge is 0.251 e. The maximum absolute atomic E-state index is 13.0. The van der Waals surface area contributed by atoms with Gasteiger partial charge in [-0.2, -0.15) is 0 Å². The topological polar surface area (TPSA) is 49.3 Å². The lowest BCUT2D eigenvalue weighted by Crippen LogP contribution is -2.24. The number of carbonyl (C=O) groups excluding carboxylic acids is 1. The minimum absolute atomic E-state index is 0.142. The average molecular weight is 349 g/mol. The fourth-order valence-electron chi connectivity index (χ4n) is 2.72. The number of hydrogen-bond donors (Lipinski definition) is 2. The largest absolute Gasteiger partial charge is 0.508 e. The molecule has 26 heavy (non-hydrogen) atoms. The quantitative estimate of drug-likeness (QED) is 0.641. The minimum Gasteiger partial charge on any atom is -0.508 e. The minimum atomic E-state index is -0.236. The molecular formula is C22H20FNO2. The summed E-state index contributed by atoms with van der Waals surface area (Å²) >= 11 is 0. The zero-order chi connectivity index (χ0) is 18.4. The number of hydrogen-bond acceptors (Lipinski definition) is 2. The maximum Gasteiger partial charge on any atom is 0.251 e. The summed E-state index contributed by atoms with van der Waals surface area (Å²) in [5.41, 5.74) is 3.76. The van der Waals surface area contributed by atoms with Gasteiger partial charge < -0.3 is 10.4 Å². The van der Waals surface area contributed by atoms with Crippen LogP contribution in [0, 0.1) is 5.82 Å². The van der Waals surface area contributed by atoms with Crippen molar-refractivity contribution in [2.75, 3.05) is 6.54 Å². The van der Waals surface area contributed by atoms with Crippen LogP contribution in [0.15, 0.2) is 72.8 Å². The molecule has 1 amide bonds. The summed E-state index contributed by atoms with van der Waals surface area (Å²) in [4.78, 5) is 12.0. The van der Waals surface area contributed by atoms with Gasteiger partial charge in [0.2, 0.25) is 0 Å². The van der Waals surface area contributed by atoms with Gasteiger partial charge in [0.15, 0.2) is 0 Å². The molecule has 2 N–H and O–H groups in total. The average Bonchev–Trinajstić information content (AvgIpc) is 2.67. The van der Waals surface area contributed by atoms with Crippen LogP contribution in [0.25, 0.3) is 11.1 Å². The van der Waals surface area contributed by atoms with Crippen molar-refractivity contribution < 1.29 is 14.3 Å². The summed E-state index contributed by atoms with van der Waals surface area (Å²) in [5, 5.41) is 12.1. The molecule has 0 fully saturated rings. The number of carbonyl (C=O) groups is 1. The van der Waals surface area contributed by atoms with E-state index >= 15 is 0 Å². The first-order valence-corrected chi connectivity index (χ1v) is 8.54. The molecule has 0 saturated heterocycles. The Bertz CT molecular complexity index is 856. The zero-order valence-corrected chi connectivity index (χ0v) is 14.3. The van der Waals surface area contributed by atoms with Gasteiger partial charge in [0, 0.05) is 12.1 Å². The first kappa shape index (κ1) is 17.7. The van der Waals surface area contributed by atoms with E-state index in [1.165, 1.54) is 29.8 Å². The Morgan fingerprint density at radius 2 is 1.42 bits per heavy atom. The lowest BCUT2D eigenvalue weighted by molar-refractivity contribution is 0.0953. The molecule has 0 bridgehead atoms. The summed E-state index contributed by atoms with van der Waals surface area (Å²) in [6.45, 7) is 0.583. The van der Waals surface area contributed by atoms with Gasteiger partial charge >= 0.3 is 0 Å². The molecule has 0 aliphatic rings. The van der Waals surface area contributed by atoms with Gasteiger partial charge in [0.05, 0.1) is 0 Å². The molecule has 0 aliphatic carbocycles. The maximum atomic E-state index is 13.0. The van der Waals surface area contributed by atoms with Crippen molar-refractivity contribution in [3.8, 4) is 16.9 Å². The van der Waals surface area contributed by atoms with Crippen LogP contribution in [0.1, 0.15) is 22.3 Å². The van der Waals surface area contributed by atoms with Crippen molar-refractivity contribution in [1.29, 1.82) is 0 Å². The van der Waals surface area contributed by atoms with Crippen molar-refractivity contribution in [2.45, 2.75) is 12.8 Å². The summed E-state index contributed by atoms with van der Waals surface area (Å²) in [6, 6.07) is 20.8. The fraction of sp³-hybridized carbons (Fsp3) is 0.136. The highest BCUT2D eigenvalue weighted by molar-refractivity contribution is 5.94. The molecule has 132 valence electrons. The van der Waals surface area contributed by atoms with Crippen LogP contribution in [-0.4, -0.2) is 17.6 Å². The number of nitrogens with one attached hydrogen (secondary N) is 1. The molecule has 0 unspecified atom stereocenters. The third-order valence-corrected chi connectivity index (χ3v) is 4.19. The van der Waals surface area contributed by atoms with Gasteiger partial charge in [0.25, 0.3) is 5.91 Å².